The molecule has 2 N–H and O–H groups in total. The maximum absolute atomic E-state index is 8.79. The average molecular weight is 215 g/mol. The highest BCUT2D eigenvalue weighted by Gasteiger charge is 2.19. The summed E-state index contributed by atoms with van der Waals surface area (Å²) < 4.78 is 0. The van der Waals surface area contributed by atoms with Crippen molar-refractivity contribution in [3.05, 3.63) is 34.9 Å². The van der Waals surface area contributed by atoms with Crippen molar-refractivity contribution in [2.45, 2.75) is 25.9 Å². The number of nitriles is 1. The third kappa shape index (κ3) is 2.41. The molecule has 0 radical (unpaired) electrons. The Morgan fingerprint density at radius 1 is 1.56 bits per heavy atom. The Morgan fingerprint density at radius 2 is 2.38 bits per heavy atom. The van der Waals surface area contributed by atoms with Crippen molar-refractivity contribution in [1.29, 1.82) is 5.26 Å². The molecule has 0 aliphatic carbocycles. The molecule has 1 saturated heterocycles. The molecule has 0 saturated carbocycles. The van der Waals surface area contributed by atoms with Crippen molar-refractivity contribution >= 4 is 0 Å². The number of hydrogen-bond acceptors (Lipinski definition) is 3. The second-order valence-electron chi connectivity index (χ2n) is 4.54. The van der Waals surface area contributed by atoms with Gasteiger partial charge in [0.15, 0.2) is 0 Å². The zero-order chi connectivity index (χ0) is 11.5. The van der Waals surface area contributed by atoms with Gasteiger partial charge in [0.2, 0.25) is 0 Å². The van der Waals surface area contributed by atoms with Gasteiger partial charge in [-0.25, -0.2) is 0 Å². The molecule has 1 aliphatic rings. The Hall–Kier alpha value is -1.37. The molecule has 1 fully saturated rings. The second-order valence-corrected chi connectivity index (χ2v) is 4.54. The Kier molecular flexibility index (Phi) is 3.23. The van der Waals surface area contributed by atoms with E-state index in [1.54, 1.807) is 0 Å². The van der Waals surface area contributed by atoms with Crippen LogP contribution in [0, 0.1) is 18.3 Å². The van der Waals surface area contributed by atoms with Crippen molar-refractivity contribution in [1.82, 2.24) is 4.90 Å². The number of hydrogen-bond donors (Lipinski definition) is 1. The van der Waals surface area contributed by atoms with Gasteiger partial charge >= 0.3 is 0 Å². The van der Waals surface area contributed by atoms with Crippen molar-refractivity contribution in [3.63, 3.8) is 0 Å². The van der Waals surface area contributed by atoms with Crippen molar-refractivity contribution < 1.29 is 0 Å². The molecule has 1 aliphatic heterocycles. The molecule has 16 heavy (non-hydrogen) atoms. The van der Waals surface area contributed by atoms with Gasteiger partial charge in [0.1, 0.15) is 0 Å². The molecule has 0 amide bonds. The van der Waals surface area contributed by atoms with E-state index in [0.717, 1.165) is 31.6 Å². The molecular weight excluding hydrogens is 198 g/mol. The van der Waals surface area contributed by atoms with E-state index in [-0.39, 0.29) is 0 Å². The van der Waals surface area contributed by atoms with Crippen LogP contribution in [0.2, 0.25) is 0 Å². The highest BCUT2D eigenvalue weighted by molar-refractivity contribution is 5.37. The molecule has 3 nitrogen and oxygen atoms in total. The molecule has 1 aromatic carbocycles. The summed E-state index contributed by atoms with van der Waals surface area (Å²) in [4.78, 5) is 2.37. The highest BCUT2D eigenvalue weighted by atomic mass is 15.2. The van der Waals surface area contributed by atoms with Crippen molar-refractivity contribution in [2.75, 3.05) is 13.1 Å². The smallest absolute Gasteiger partial charge is 0.0991 e. The SMILES string of the molecule is Cc1cc(C#N)ccc1CN1CC[C@H](N)C1. The topological polar surface area (TPSA) is 53.0 Å². The predicted molar refractivity (Wildman–Crippen MR) is 63.8 cm³/mol. The second kappa shape index (κ2) is 4.65. The fourth-order valence-electron chi connectivity index (χ4n) is 2.19. The fourth-order valence-corrected chi connectivity index (χ4v) is 2.19. The molecule has 0 spiro atoms. The third-order valence-corrected chi connectivity index (χ3v) is 3.17. The molecule has 2 rings (SSSR count). The normalized spacial score (nSPS) is 20.9. The number of likely N-dealkylation sites (tertiary alicyclic amines) is 1. The minimum Gasteiger partial charge on any atom is -0.326 e. The van der Waals surface area contributed by atoms with Gasteiger partial charge in [-0.3, -0.25) is 4.90 Å². The summed E-state index contributed by atoms with van der Waals surface area (Å²) in [5, 5.41) is 8.79. The van der Waals surface area contributed by atoms with Crippen LogP contribution < -0.4 is 5.73 Å². The molecule has 1 heterocycles. The minimum atomic E-state index is 0.332. The number of nitrogens with two attached hydrogens (primary N) is 1. The predicted octanol–water partition coefficient (Wildman–Crippen LogP) is 1.40. The summed E-state index contributed by atoms with van der Waals surface area (Å²) >= 11 is 0. The molecular formula is C13H17N3. The Balaban J connectivity index is 2.08. The van der Waals surface area contributed by atoms with Gasteiger partial charge in [-0.2, -0.15) is 5.26 Å². The van der Waals surface area contributed by atoms with Crippen LogP contribution in [0.5, 0.6) is 0 Å². The van der Waals surface area contributed by atoms with Crippen LogP contribution in [0.3, 0.4) is 0 Å². The molecule has 1 atom stereocenters. The minimum absolute atomic E-state index is 0.332. The van der Waals surface area contributed by atoms with E-state index in [2.05, 4.69) is 24.0 Å². The van der Waals surface area contributed by atoms with Crippen LogP contribution in [0.25, 0.3) is 0 Å². The summed E-state index contributed by atoms with van der Waals surface area (Å²) in [7, 11) is 0. The molecule has 0 bridgehead atoms. The molecule has 1 aromatic rings. The summed E-state index contributed by atoms with van der Waals surface area (Å²) in [5.74, 6) is 0. The third-order valence-electron chi connectivity index (χ3n) is 3.17. The average Bonchev–Trinajstić information content (AvgIpc) is 2.67. The quantitative estimate of drug-likeness (QED) is 0.811. The van der Waals surface area contributed by atoms with Gasteiger partial charge in [0.25, 0.3) is 0 Å². The van der Waals surface area contributed by atoms with Crippen LogP contribution in [0.1, 0.15) is 23.1 Å². The summed E-state index contributed by atoms with van der Waals surface area (Å²) in [5.41, 5.74) is 9.11. The molecule has 0 aromatic heterocycles. The van der Waals surface area contributed by atoms with Gasteiger partial charge in [-0.1, -0.05) is 6.07 Å². The van der Waals surface area contributed by atoms with Crippen LogP contribution in [0.4, 0.5) is 0 Å². The molecule has 3 heteroatoms. The standard InChI is InChI=1S/C13H17N3/c1-10-6-11(7-14)2-3-12(10)8-16-5-4-13(15)9-16/h2-3,6,13H,4-5,8-9,15H2,1H3/t13-/m0/s1. The first kappa shape index (κ1) is 11.1. The van der Waals surface area contributed by atoms with E-state index in [9.17, 15) is 0 Å². The van der Waals surface area contributed by atoms with E-state index >= 15 is 0 Å². The Morgan fingerprint density at radius 3 is 2.94 bits per heavy atom. The molecule has 84 valence electrons. The lowest BCUT2D eigenvalue weighted by molar-refractivity contribution is 0.326. The van der Waals surface area contributed by atoms with E-state index in [1.807, 2.05) is 12.1 Å². The lowest BCUT2D eigenvalue weighted by Crippen LogP contribution is -2.26. The number of nitrogens with zero attached hydrogens (tertiary/aromatic N) is 2. The molecule has 0 unspecified atom stereocenters. The maximum Gasteiger partial charge on any atom is 0.0991 e. The zero-order valence-corrected chi connectivity index (χ0v) is 9.61. The summed E-state index contributed by atoms with van der Waals surface area (Å²) in [6.45, 7) is 5.08. The highest BCUT2D eigenvalue weighted by Crippen LogP contribution is 2.16. The van der Waals surface area contributed by atoms with Crippen molar-refractivity contribution in [2.24, 2.45) is 5.73 Å². The van der Waals surface area contributed by atoms with E-state index in [0.29, 0.717) is 6.04 Å². The maximum atomic E-state index is 8.79. The lowest BCUT2D eigenvalue weighted by atomic mass is 10.1. The van der Waals surface area contributed by atoms with Gasteiger partial charge in [0, 0.05) is 25.7 Å². The first-order valence-electron chi connectivity index (χ1n) is 5.66. The van der Waals surface area contributed by atoms with E-state index in [4.69, 9.17) is 11.0 Å². The number of rotatable bonds is 2. The van der Waals surface area contributed by atoms with Gasteiger partial charge in [-0.15, -0.1) is 0 Å². The van der Waals surface area contributed by atoms with Gasteiger partial charge in [0.05, 0.1) is 11.6 Å². The first-order chi connectivity index (χ1) is 7.69. The van der Waals surface area contributed by atoms with E-state index < -0.39 is 0 Å². The van der Waals surface area contributed by atoms with Gasteiger partial charge in [-0.05, 0) is 36.6 Å². The first-order valence-corrected chi connectivity index (χ1v) is 5.66. The fraction of sp³-hybridized carbons (Fsp3) is 0.462. The van der Waals surface area contributed by atoms with Gasteiger partial charge < -0.3 is 5.73 Å². The summed E-state index contributed by atoms with van der Waals surface area (Å²) in [6, 6.07) is 8.38. The number of benzene rings is 1. The zero-order valence-electron chi connectivity index (χ0n) is 9.61. The van der Waals surface area contributed by atoms with Crippen LogP contribution in [0.15, 0.2) is 18.2 Å². The van der Waals surface area contributed by atoms with E-state index in [1.165, 1.54) is 11.1 Å². The Labute approximate surface area is 96.5 Å². The monoisotopic (exact) mass is 215 g/mol. The van der Waals surface area contributed by atoms with Crippen molar-refractivity contribution in [3.8, 4) is 6.07 Å². The van der Waals surface area contributed by atoms with Crippen LogP contribution in [-0.4, -0.2) is 24.0 Å². The van der Waals surface area contributed by atoms with Crippen LogP contribution >= 0.6 is 0 Å². The largest absolute Gasteiger partial charge is 0.326 e. The number of aryl methyl sites for hydroxylation is 1. The Bertz CT molecular complexity index is 420. The lowest BCUT2D eigenvalue weighted by Gasteiger charge is -2.16. The summed E-state index contributed by atoms with van der Waals surface area (Å²) in [6.07, 6.45) is 1.09. The van der Waals surface area contributed by atoms with Crippen LogP contribution in [-0.2, 0) is 6.54 Å².